The normalized spacial score (nSPS) is 17.7. The Morgan fingerprint density at radius 1 is 1.24 bits per heavy atom. The molecular formula is C28H27FN6O3. The average Bonchev–Trinajstić information content (AvgIpc) is 3.59. The van der Waals surface area contributed by atoms with Gasteiger partial charge in [-0.25, -0.2) is 9.37 Å². The van der Waals surface area contributed by atoms with Crippen LogP contribution in [0.4, 0.5) is 10.2 Å². The maximum Gasteiger partial charge on any atom is 0.304 e. The molecule has 0 spiro atoms. The minimum atomic E-state index is -0.872. The molecule has 0 saturated carbocycles. The van der Waals surface area contributed by atoms with Crippen LogP contribution in [0.1, 0.15) is 52.6 Å². The van der Waals surface area contributed by atoms with Crippen LogP contribution in [0.15, 0.2) is 36.5 Å². The van der Waals surface area contributed by atoms with E-state index >= 15 is 4.39 Å². The van der Waals surface area contributed by atoms with E-state index in [2.05, 4.69) is 25.7 Å². The smallest absolute Gasteiger partial charge is 0.304 e. The second-order valence-corrected chi connectivity index (χ2v) is 10.0. The zero-order valence-corrected chi connectivity index (χ0v) is 21.3. The first-order valence-electron chi connectivity index (χ1n) is 12.6. The molecular weight excluding hydrogens is 487 g/mol. The third kappa shape index (κ3) is 4.15. The summed E-state index contributed by atoms with van der Waals surface area (Å²) in [5.41, 5.74) is 7.58. The number of benzene rings is 2. The molecule has 1 aliphatic heterocycles. The molecule has 6 rings (SSSR count). The third-order valence-corrected chi connectivity index (χ3v) is 7.42. The predicted octanol–water partition coefficient (Wildman–Crippen LogP) is 4.75. The number of carbonyl (C=O) groups is 1. The SMILES string of the molecule is Cc1cc(-c2nnn(C)n2)cc(C)c1-c1ccc(F)c2c1CC[C@H]2Nc1cc2c(cn1)OC[C@H]2CC(=O)O. The van der Waals surface area contributed by atoms with Crippen molar-refractivity contribution in [2.24, 2.45) is 7.05 Å². The van der Waals surface area contributed by atoms with E-state index in [1.165, 1.54) is 10.9 Å². The Kier molecular flexibility index (Phi) is 5.81. The summed E-state index contributed by atoms with van der Waals surface area (Å²) in [7, 11) is 1.73. The number of aromatic nitrogens is 5. The number of hydrogen-bond donors (Lipinski definition) is 2. The molecule has 9 nitrogen and oxygen atoms in total. The Morgan fingerprint density at radius 3 is 2.74 bits per heavy atom. The molecule has 0 bridgehead atoms. The number of tetrazole rings is 1. The minimum Gasteiger partial charge on any atom is -0.491 e. The number of nitrogens with one attached hydrogen (secondary N) is 1. The Labute approximate surface area is 218 Å². The van der Waals surface area contributed by atoms with Crippen molar-refractivity contribution in [3.63, 3.8) is 0 Å². The van der Waals surface area contributed by atoms with Gasteiger partial charge in [0.15, 0.2) is 0 Å². The van der Waals surface area contributed by atoms with Crippen molar-refractivity contribution in [3.8, 4) is 28.3 Å². The van der Waals surface area contributed by atoms with Crippen LogP contribution in [-0.2, 0) is 18.3 Å². The second kappa shape index (κ2) is 9.20. The summed E-state index contributed by atoms with van der Waals surface area (Å²) in [6.45, 7) is 4.42. The number of rotatable bonds is 6. The van der Waals surface area contributed by atoms with Crippen LogP contribution >= 0.6 is 0 Å². The summed E-state index contributed by atoms with van der Waals surface area (Å²) in [5, 5.41) is 25.0. The number of fused-ring (bicyclic) bond motifs is 2. The van der Waals surface area contributed by atoms with E-state index in [4.69, 9.17) is 4.74 Å². The molecule has 1 aliphatic carbocycles. The minimum absolute atomic E-state index is 0.00882. The van der Waals surface area contributed by atoms with Crippen LogP contribution in [0.2, 0.25) is 0 Å². The lowest BCUT2D eigenvalue weighted by molar-refractivity contribution is -0.137. The fraction of sp³-hybridized carbons (Fsp3) is 0.321. The van der Waals surface area contributed by atoms with Gasteiger partial charge in [0, 0.05) is 22.6 Å². The van der Waals surface area contributed by atoms with E-state index in [0.717, 1.165) is 51.8 Å². The summed E-state index contributed by atoms with van der Waals surface area (Å²) in [6, 6.07) is 9.09. The molecule has 0 radical (unpaired) electrons. The van der Waals surface area contributed by atoms with Crippen molar-refractivity contribution in [2.45, 2.75) is 45.1 Å². The van der Waals surface area contributed by atoms with E-state index in [9.17, 15) is 9.90 Å². The van der Waals surface area contributed by atoms with Crippen LogP contribution in [0.25, 0.3) is 22.5 Å². The van der Waals surface area contributed by atoms with E-state index in [0.29, 0.717) is 29.6 Å². The van der Waals surface area contributed by atoms with Crippen LogP contribution in [0.5, 0.6) is 5.75 Å². The van der Waals surface area contributed by atoms with Crippen molar-refractivity contribution >= 4 is 11.8 Å². The van der Waals surface area contributed by atoms with Gasteiger partial charge in [-0.1, -0.05) is 6.07 Å². The molecule has 2 N–H and O–H groups in total. The second-order valence-electron chi connectivity index (χ2n) is 10.0. The number of halogens is 1. The largest absolute Gasteiger partial charge is 0.491 e. The van der Waals surface area contributed by atoms with Gasteiger partial charge in [0.2, 0.25) is 5.82 Å². The molecule has 38 heavy (non-hydrogen) atoms. The molecule has 0 saturated heterocycles. The molecule has 10 heteroatoms. The van der Waals surface area contributed by atoms with Crippen LogP contribution < -0.4 is 10.1 Å². The van der Waals surface area contributed by atoms with Gasteiger partial charge >= 0.3 is 5.97 Å². The van der Waals surface area contributed by atoms with Gasteiger partial charge in [-0.05, 0) is 84.0 Å². The van der Waals surface area contributed by atoms with Gasteiger partial charge in [0.1, 0.15) is 17.4 Å². The maximum absolute atomic E-state index is 15.3. The van der Waals surface area contributed by atoms with E-state index in [-0.39, 0.29) is 24.2 Å². The molecule has 0 unspecified atom stereocenters. The van der Waals surface area contributed by atoms with Crippen molar-refractivity contribution in [1.82, 2.24) is 25.2 Å². The van der Waals surface area contributed by atoms with Crippen molar-refractivity contribution in [3.05, 3.63) is 70.2 Å². The summed E-state index contributed by atoms with van der Waals surface area (Å²) < 4.78 is 20.9. The Bertz CT molecular complexity index is 1560. The summed E-state index contributed by atoms with van der Waals surface area (Å²) in [4.78, 5) is 17.1. The molecule has 2 atom stereocenters. The lowest BCUT2D eigenvalue weighted by Gasteiger charge is -2.19. The van der Waals surface area contributed by atoms with E-state index in [1.54, 1.807) is 13.2 Å². The highest BCUT2D eigenvalue weighted by atomic mass is 19.1. The van der Waals surface area contributed by atoms with Gasteiger partial charge in [0.05, 0.1) is 32.3 Å². The molecule has 0 fully saturated rings. The third-order valence-electron chi connectivity index (χ3n) is 7.42. The monoisotopic (exact) mass is 514 g/mol. The molecule has 2 aromatic carbocycles. The lowest BCUT2D eigenvalue weighted by atomic mass is 9.89. The van der Waals surface area contributed by atoms with Crippen LogP contribution in [0, 0.1) is 19.7 Å². The lowest BCUT2D eigenvalue weighted by Crippen LogP contribution is -2.11. The highest BCUT2D eigenvalue weighted by Gasteiger charge is 2.31. The molecule has 4 aromatic rings. The van der Waals surface area contributed by atoms with E-state index < -0.39 is 5.97 Å². The number of aryl methyl sites for hydroxylation is 3. The number of ether oxygens (including phenoxy) is 1. The number of hydrogen-bond acceptors (Lipinski definition) is 7. The quantitative estimate of drug-likeness (QED) is 0.379. The zero-order valence-electron chi connectivity index (χ0n) is 21.3. The molecule has 0 amide bonds. The van der Waals surface area contributed by atoms with E-state index in [1.807, 2.05) is 38.1 Å². The van der Waals surface area contributed by atoms with Crippen molar-refractivity contribution in [1.29, 1.82) is 0 Å². The first kappa shape index (κ1) is 24.0. The standard InChI is InChI=1S/C28H27FN6O3/c1-14-8-16(28-32-34-35(3)33-28)9-15(2)26(14)18-4-6-21(29)27-19(18)5-7-22(27)31-24-11-20-17(10-25(36)37)13-38-23(20)12-30-24/h4,6,8-9,11-12,17,22H,5,7,10,13H2,1-3H3,(H,30,31)(H,36,37)/t17-,22-/m1/s1. The van der Waals surface area contributed by atoms with Gasteiger partial charge in [-0.3, -0.25) is 4.79 Å². The number of pyridine rings is 1. The average molecular weight is 515 g/mol. The van der Waals surface area contributed by atoms with Gasteiger partial charge in [-0.15, -0.1) is 10.2 Å². The Balaban J connectivity index is 1.33. The predicted molar refractivity (Wildman–Crippen MR) is 139 cm³/mol. The van der Waals surface area contributed by atoms with Crippen molar-refractivity contribution < 1.29 is 19.0 Å². The fourth-order valence-corrected chi connectivity index (χ4v) is 5.83. The highest BCUT2D eigenvalue weighted by Crippen LogP contribution is 2.44. The maximum atomic E-state index is 15.3. The van der Waals surface area contributed by atoms with Gasteiger partial charge < -0.3 is 15.2 Å². The van der Waals surface area contributed by atoms with Crippen LogP contribution in [-0.4, -0.2) is 42.9 Å². The summed E-state index contributed by atoms with van der Waals surface area (Å²) in [6.07, 6.45) is 3.05. The topological polar surface area (TPSA) is 115 Å². The molecule has 2 aromatic heterocycles. The number of aliphatic carboxylic acids is 1. The van der Waals surface area contributed by atoms with Crippen molar-refractivity contribution in [2.75, 3.05) is 11.9 Å². The van der Waals surface area contributed by atoms with Gasteiger partial charge in [0.25, 0.3) is 0 Å². The first-order chi connectivity index (χ1) is 18.3. The fourth-order valence-electron chi connectivity index (χ4n) is 5.83. The number of carboxylic acid groups (broad SMARTS) is 1. The Morgan fingerprint density at radius 2 is 2.03 bits per heavy atom. The summed E-state index contributed by atoms with van der Waals surface area (Å²) >= 11 is 0. The molecule has 3 heterocycles. The summed E-state index contributed by atoms with van der Waals surface area (Å²) in [5.74, 6) is 0.410. The number of carboxylic acids is 1. The zero-order chi connectivity index (χ0) is 26.6. The number of anilines is 1. The Hall–Kier alpha value is -4.34. The van der Waals surface area contributed by atoms with Gasteiger partial charge in [-0.2, -0.15) is 4.80 Å². The highest BCUT2D eigenvalue weighted by molar-refractivity contribution is 5.79. The number of nitrogens with zero attached hydrogens (tertiary/aromatic N) is 5. The van der Waals surface area contributed by atoms with Crippen LogP contribution in [0.3, 0.4) is 0 Å². The molecule has 2 aliphatic rings. The molecule has 194 valence electrons. The first-order valence-corrected chi connectivity index (χ1v) is 12.6.